The highest BCUT2D eigenvalue weighted by Crippen LogP contribution is 2.29. The summed E-state index contributed by atoms with van der Waals surface area (Å²) >= 11 is 0. The fraction of sp³-hybridized carbons (Fsp3) is 0.296. The second-order valence-corrected chi connectivity index (χ2v) is 9.04. The molecule has 0 spiro atoms. The molecule has 4 heterocycles. The van der Waals surface area contributed by atoms with Gasteiger partial charge in [-0.05, 0) is 62.1 Å². The second kappa shape index (κ2) is 9.87. The number of aromatic nitrogens is 5. The molecule has 0 aliphatic carbocycles. The van der Waals surface area contributed by atoms with Gasteiger partial charge in [0.2, 0.25) is 11.8 Å². The normalized spacial score (nSPS) is 15.8. The summed E-state index contributed by atoms with van der Waals surface area (Å²) in [7, 11) is 1.58. The van der Waals surface area contributed by atoms with Crippen LogP contribution >= 0.6 is 0 Å². The van der Waals surface area contributed by atoms with E-state index < -0.39 is 0 Å². The van der Waals surface area contributed by atoms with Gasteiger partial charge >= 0.3 is 0 Å². The highest BCUT2D eigenvalue weighted by atomic mass is 16.5. The predicted molar refractivity (Wildman–Crippen MR) is 136 cm³/mol. The summed E-state index contributed by atoms with van der Waals surface area (Å²) in [4.78, 5) is 23.1. The van der Waals surface area contributed by atoms with Crippen LogP contribution in [0, 0.1) is 13.8 Å². The first-order valence-electron chi connectivity index (χ1n) is 12.0. The van der Waals surface area contributed by atoms with Crippen molar-refractivity contribution >= 4 is 5.91 Å². The van der Waals surface area contributed by atoms with E-state index in [1.165, 1.54) is 11.1 Å². The summed E-state index contributed by atoms with van der Waals surface area (Å²) in [6.07, 6.45) is 5.25. The number of amides is 1. The molecule has 3 aromatic heterocycles. The molecule has 0 radical (unpaired) electrons. The minimum atomic E-state index is -0.311. The number of hydrogen-bond donors (Lipinski definition) is 1. The standard InChI is InChI=1S/C27H29N7O2/c1-17-6-4-7-21(18(17)2)19-9-11-22(29-14-19)27-32-31-24(16-33-13-5-8-23(33)26(28)35)34(27)20-10-12-25(36-3)30-15-20/h4,6-7,9-12,14-15,23H,5,8,13,16H2,1-3H3,(H2,28,35)/t23-/m0/s1. The smallest absolute Gasteiger partial charge is 0.234 e. The van der Waals surface area contributed by atoms with Crippen LogP contribution in [0.4, 0.5) is 0 Å². The molecule has 1 aliphatic rings. The lowest BCUT2D eigenvalue weighted by atomic mass is 9.98. The Bertz CT molecular complexity index is 1380. The SMILES string of the molecule is COc1ccc(-n2c(CN3CCC[C@H]3C(N)=O)nnc2-c2ccc(-c3cccc(C)c3C)cn2)cn1. The molecule has 4 aromatic rings. The van der Waals surface area contributed by atoms with E-state index in [-0.39, 0.29) is 11.9 Å². The molecule has 1 aliphatic heterocycles. The Hall–Kier alpha value is -4.11. The second-order valence-electron chi connectivity index (χ2n) is 9.04. The first kappa shape index (κ1) is 23.6. The van der Waals surface area contributed by atoms with Gasteiger partial charge in [0, 0.05) is 17.8 Å². The van der Waals surface area contributed by atoms with E-state index in [4.69, 9.17) is 15.5 Å². The number of pyridine rings is 2. The van der Waals surface area contributed by atoms with Gasteiger partial charge in [-0.15, -0.1) is 10.2 Å². The largest absolute Gasteiger partial charge is 0.481 e. The molecule has 184 valence electrons. The zero-order valence-electron chi connectivity index (χ0n) is 20.7. The van der Waals surface area contributed by atoms with Crippen LogP contribution in [0.1, 0.15) is 29.8 Å². The maximum Gasteiger partial charge on any atom is 0.234 e. The van der Waals surface area contributed by atoms with Crippen LogP contribution in [0.5, 0.6) is 5.88 Å². The highest BCUT2D eigenvalue weighted by molar-refractivity contribution is 5.80. The van der Waals surface area contributed by atoms with Crippen LogP contribution in [-0.4, -0.2) is 55.2 Å². The molecule has 0 saturated carbocycles. The molecule has 1 saturated heterocycles. The van der Waals surface area contributed by atoms with Crippen LogP contribution in [0.25, 0.3) is 28.3 Å². The predicted octanol–water partition coefficient (Wildman–Crippen LogP) is 3.47. The number of carbonyl (C=O) groups is 1. The number of rotatable bonds is 7. The van der Waals surface area contributed by atoms with Crippen LogP contribution in [0.3, 0.4) is 0 Å². The van der Waals surface area contributed by atoms with E-state index in [1.54, 1.807) is 19.4 Å². The maximum atomic E-state index is 12.0. The number of hydrogen-bond acceptors (Lipinski definition) is 7. The number of methoxy groups -OCH3 is 1. The van der Waals surface area contributed by atoms with Crippen LogP contribution in [0.2, 0.25) is 0 Å². The molecule has 0 unspecified atom stereocenters. The Morgan fingerprint density at radius 1 is 1.08 bits per heavy atom. The number of carbonyl (C=O) groups excluding carboxylic acids is 1. The van der Waals surface area contributed by atoms with Crippen molar-refractivity contribution in [3.05, 3.63) is 71.8 Å². The zero-order valence-corrected chi connectivity index (χ0v) is 20.7. The number of nitrogens with two attached hydrogens (primary N) is 1. The minimum absolute atomic E-state index is 0.303. The van der Waals surface area contributed by atoms with Gasteiger partial charge in [-0.1, -0.05) is 24.3 Å². The summed E-state index contributed by atoms with van der Waals surface area (Å²) in [6, 6.07) is 13.7. The molecule has 1 amide bonds. The maximum absolute atomic E-state index is 12.0. The summed E-state index contributed by atoms with van der Waals surface area (Å²) in [5.41, 5.74) is 11.8. The molecule has 1 atom stereocenters. The zero-order chi connectivity index (χ0) is 25.2. The molecule has 1 fully saturated rings. The lowest BCUT2D eigenvalue weighted by Gasteiger charge is -2.21. The van der Waals surface area contributed by atoms with Crippen molar-refractivity contribution in [1.82, 2.24) is 29.6 Å². The Morgan fingerprint density at radius 3 is 2.64 bits per heavy atom. The lowest BCUT2D eigenvalue weighted by Crippen LogP contribution is -2.40. The average Bonchev–Trinajstić information content (AvgIpc) is 3.53. The number of aryl methyl sites for hydroxylation is 1. The van der Waals surface area contributed by atoms with Crippen LogP contribution in [0.15, 0.2) is 54.9 Å². The van der Waals surface area contributed by atoms with E-state index in [2.05, 4.69) is 58.2 Å². The number of ether oxygens (including phenoxy) is 1. The van der Waals surface area contributed by atoms with Gasteiger partial charge in [0.25, 0.3) is 0 Å². The fourth-order valence-electron chi connectivity index (χ4n) is 4.75. The Morgan fingerprint density at radius 2 is 1.94 bits per heavy atom. The van der Waals surface area contributed by atoms with E-state index in [0.717, 1.165) is 36.2 Å². The third-order valence-electron chi connectivity index (χ3n) is 6.86. The highest BCUT2D eigenvalue weighted by Gasteiger charge is 2.31. The Labute approximate surface area is 210 Å². The third kappa shape index (κ3) is 4.45. The molecular weight excluding hydrogens is 454 g/mol. The number of primary amides is 1. The van der Waals surface area contributed by atoms with Crippen molar-refractivity contribution in [2.24, 2.45) is 5.73 Å². The van der Waals surface area contributed by atoms with E-state index in [1.807, 2.05) is 22.9 Å². The summed E-state index contributed by atoms with van der Waals surface area (Å²) in [5.74, 6) is 1.48. The number of likely N-dealkylation sites (tertiary alicyclic amines) is 1. The molecule has 9 heteroatoms. The van der Waals surface area contributed by atoms with Crippen molar-refractivity contribution in [3.8, 4) is 34.2 Å². The van der Waals surface area contributed by atoms with Gasteiger partial charge in [-0.25, -0.2) is 4.98 Å². The molecule has 5 rings (SSSR count). The summed E-state index contributed by atoms with van der Waals surface area (Å²) < 4.78 is 7.16. The van der Waals surface area contributed by atoms with E-state index in [0.29, 0.717) is 29.8 Å². The van der Waals surface area contributed by atoms with Gasteiger partial charge in [-0.3, -0.25) is 19.2 Å². The molecule has 0 bridgehead atoms. The summed E-state index contributed by atoms with van der Waals surface area (Å²) in [5, 5.41) is 9.00. The molecule has 1 aromatic carbocycles. The monoisotopic (exact) mass is 483 g/mol. The topological polar surface area (TPSA) is 112 Å². The minimum Gasteiger partial charge on any atom is -0.481 e. The molecule has 36 heavy (non-hydrogen) atoms. The van der Waals surface area contributed by atoms with Gasteiger partial charge in [0.1, 0.15) is 5.69 Å². The van der Waals surface area contributed by atoms with Crippen molar-refractivity contribution in [1.29, 1.82) is 0 Å². The van der Waals surface area contributed by atoms with Crippen LogP contribution < -0.4 is 10.5 Å². The number of benzene rings is 1. The molecule has 9 nitrogen and oxygen atoms in total. The fourth-order valence-corrected chi connectivity index (χ4v) is 4.75. The third-order valence-corrected chi connectivity index (χ3v) is 6.86. The van der Waals surface area contributed by atoms with Gasteiger partial charge in [0.15, 0.2) is 11.6 Å². The van der Waals surface area contributed by atoms with E-state index in [9.17, 15) is 4.79 Å². The Balaban J connectivity index is 1.54. The van der Waals surface area contributed by atoms with E-state index >= 15 is 0 Å². The Kier molecular flexibility index (Phi) is 6.47. The van der Waals surface area contributed by atoms with Crippen LogP contribution in [-0.2, 0) is 11.3 Å². The van der Waals surface area contributed by atoms with Crippen molar-refractivity contribution < 1.29 is 9.53 Å². The van der Waals surface area contributed by atoms with Crippen molar-refractivity contribution in [3.63, 3.8) is 0 Å². The molecular formula is C27H29N7O2. The van der Waals surface area contributed by atoms with Gasteiger partial charge in [0.05, 0.1) is 31.6 Å². The summed E-state index contributed by atoms with van der Waals surface area (Å²) in [6.45, 7) is 5.44. The molecule has 2 N–H and O–H groups in total. The quantitative estimate of drug-likeness (QED) is 0.428. The first-order valence-corrected chi connectivity index (χ1v) is 12.0. The first-order chi connectivity index (χ1) is 17.5. The lowest BCUT2D eigenvalue weighted by molar-refractivity contribution is -0.122. The van der Waals surface area contributed by atoms with Gasteiger partial charge in [-0.2, -0.15) is 0 Å². The van der Waals surface area contributed by atoms with Crippen molar-refractivity contribution in [2.45, 2.75) is 39.3 Å². The average molecular weight is 484 g/mol. The van der Waals surface area contributed by atoms with Crippen molar-refractivity contribution in [2.75, 3.05) is 13.7 Å². The van der Waals surface area contributed by atoms with Gasteiger partial charge < -0.3 is 10.5 Å². The number of nitrogens with zero attached hydrogens (tertiary/aromatic N) is 6.